The molecule has 0 unspecified atom stereocenters. The van der Waals surface area contributed by atoms with E-state index < -0.39 is 0 Å². The lowest BCUT2D eigenvalue weighted by atomic mass is 10.1. The zero-order valence-corrected chi connectivity index (χ0v) is 14.1. The van der Waals surface area contributed by atoms with Crippen LogP contribution in [0.25, 0.3) is 0 Å². The van der Waals surface area contributed by atoms with Crippen molar-refractivity contribution in [3.8, 4) is 0 Å². The molecule has 1 fully saturated rings. The van der Waals surface area contributed by atoms with E-state index in [0.29, 0.717) is 24.6 Å². The highest BCUT2D eigenvalue weighted by molar-refractivity contribution is 5.94. The van der Waals surface area contributed by atoms with Crippen LogP contribution in [-0.2, 0) is 13.0 Å². The smallest absolute Gasteiger partial charge is 0.254 e. The van der Waals surface area contributed by atoms with Crippen LogP contribution in [0.5, 0.6) is 0 Å². The second-order valence-corrected chi connectivity index (χ2v) is 6.78. The van der Waals surface area contributed by atoms with Crippen LogP contribution in [0.3, 0.4) is 0 Å². The first-order valence-electron chi connectivity index (χ1n) is 8.41. The van der Waals surface area contributed by atoms with Gasteiger partial charge in [0.1, 0.15) is 0 Å². The topological polar surface area (TPSA) is 83.9 Å². The molecule has 0 spiro atoms. The van der Waals surface area contributed by atoms with Crippen LogP contribution >= 0.6 is 0 Å². The molecule has 0 radical (unpaired) electrons. The number of pyridine rings is 1. The zero-order chi connectivity index (χ0) is 17.1. The SMILES string of the molecule is CC(C)Cc1cc(C(=O)N2CCC[C@H]2Cn2ccnn2)cc(=O)[nH]1. The third-order valence-electron chi connectivity index (χ3n) is 4.28. The van der Waals surface area contributed by atoms with Crippen LogP contribution in [-0.4, -0.2) is 43.4 Å². The molecule has 1 aliphatic rings. The summed E-state index contributed by atoms with van der Waals surface area (Å²) in [6, 6.07) is 3.30. The number of nitrogens with one attached hydrogen (secondary N) is 1. The number of aromatic amines is 1. The van der Waals surface area contributed by atoms with Gasteiger partial charge in [0.2, 0.25) is 5.56 Å². The lowest BCUT2D eigenvalue weighted by Crippen LogP contribution is -2.38. The van der Waals surface area contributed by atoms with E-state index in [4.69, 9.17) is 0 Å². The maximum Gasteiger partial charge on any atom is 0.254 e. The minimum absolute atomic E-state index is 0.0753. The minimum atomic E-state index is -0.219. The number of hydrogen-bond acceptors (Lipinski definition) is 4. The Kier molecular flexibility index (Phi) is 4.78. The quantitative estimate of drug-likeness (QED) is 0.900. The molecule has 1 aliphatic heterocycles. The van der Waals surface area contributed by atoms with E-state index in [-0.39, 0.29) is 17.5 Å². The third kappa shape index (κ3) is 3.72. The fraction of sp³-hybridized carbons (Fsp3) is 0.529. The Labute approximate surface area is 140 Å². The Balaban J connectivity index is 1.79. The maximum atomic E-state index is 12.9. The Bertz CT molecular complexity index is 751. The predicted octanol–water partition coefficient (Wildman–Crippen LogP) is 1.47. The number of rotatable bonds is 5. The van der Waals surface area contributed by atoms with Crippen LogP contribution in [0.15, 0.2) is 29.3 Å². The van der Waals surface area contributed by atoms with Crippen molar-refractivity contribution in [3.05, 3.63) is 46.1 Å². The first-order valence-corrected chi connectivity index (χ1v) is 8.41. The Morgan fingerprint density at radius 3 is 2.96 bits per heavy atom. The summed E-state index contributed by atoms with van der Waals surface area (Å²) in [6.07, 6.45) is 6.09. The molecular weight excluding hydrogens is 306 g/mol. The minimum Gasteiger partial charge on any atom is -0.334 e. The molecular formula is C17H23N5O2. The number of hydrogen-bond donors (Lipinski definition) is 1. The average Bonchev–Trinajstić information content (AvgIpc) is 3.17. The predicted molar refractivity (Wildman–Crippen MR) is 89.7 cm³/mol. The molecule has 2 aromatic heterocycles. The Hall–Kier alpha value is -2.44. The van der Waals surface area contributed by atoms with E-state index in [1.165, 1.54) is 6.07 Å². The van der Waals surface area contributed by atoms with Gasteiger partial charge in [0, 0.05) is 30.1 Å². The zero-order valence-electron chi connectivity index (χ0n) is 14.1. The Morgan fingerprint density at radius 2 is 2.25 bits per heavy atom. The Morgan fingerprint density at radius 1 is 1.42 bits per heavy atom. The van der Waals surface area contributed by atoms with Crippen LogP contribution in [0.4, 0.5) is 0 Å². The molecule has 0 aliphatic carbocycles. The number of nitrogens with zero attached hydrogens (tertiary/aromatic N) is 4. The van der Waals surface area contributed by atoms with Gasteiger partial charge in [-0.3, -0.25) is 14.3 Å². The second kappa shape index (κ2) is 6.98. The van der Waals surface area contributed by atoms with Gasteiger partial charge >= 0.3 is 0 Å². The fourth-order valence-electron chi connectivity index (χ4n) is 3.28. The molecule has 1 amide bonds. The summed E-state index contributed by atoms with van der Waals surface area (Å²) >= 11 is 0. The van der Waals surface area contributed by atoms with Crippen molar-refractivity contribution in [2.75, 3.05) is 6.54 Å². The molecule has 3 rings (SSSR count). The van der Waals surface area contributed by atoms with Crippen molar-refractivity contribution in [1.82, 2.24) is 24.9 Å². The van der Waals surface area contributed by atoms with Gasteiger partial charge in [-0.05, 0) is 31.2 Å². The summed E-state index contributed by atoms with van der Waals surface area (Å²) in [4.78, 5) is 29.5. The van der Waals surface area contributed by atoms with Gasteiger partial charge in [0.15, 0.2) is 0 Å². The standard InChI is InChI=1S/C17H23N5O2/c1-12(2)8-14-9-13(10-16(23)19-14)17(24)22-6-3-4-15(22)11-21-7-5-18-20-21/h5,7,9-10,12,15H,3-4,6,8,11H2,1-2H3,(H,19,23)/t15-/m0/s1. The lowest BCUT2D eigenvalue weighted by Gasteiger charge is -2.24. The summed E-state index contributed by atoms with van der Waals surface area (Å²) < 4.78 is 1.75. The van der Waals surface area contributed by atoms with E-state index >= 15 is 0 Å². The largest absolute Gasteiger partial charge is 0.334 e. The average molecular weight is 329 g/mol. The number of amides is 1. The van der Waals surface area contributed by atoms with E-state index in [1.54, 1.807) is 17.1 Å². The van der Waals surface area contributed by atoms with Crippen LogP contribution in [0.1, 0.15) is 42.7 Å². The van der Waals surface area contributed by atoms with Gasteiger partial charge in [-0.25, -0.2) is 0 Å². The van der Waals surface area contributed by atoms with Crippen LogP contribution < -0.4 is 5.56 Å². The van der Waals surface area contributed by atoms with Crippen molar-refractivity contribution in [1.29, 1.82) is 0 Å². The van der Waals surface area contributed by atoms with Crippen molar-refractivity contribution in [2.45, 2.75) is 45.7 Å². The van der Waals surface area contributed by atoms with Crippen LogP contribution in [0.2, 0.25) is 0 Å². The van der Waals surface area contributed by atoms with Gasteiger partial charge in [-0.15, -0.1) is 5.10 Å². The lowest BCUT2D eigenvalue weighted by molar-refractivity contribution is 0.0720. The molecule has 7 heteroatoms. The molecule has 0 saturated carbocycles. The summed E-state index contributed by atoms with van der Waals surface area (Å²) in [5, 5.41) is 7.79. The molecule has 1 N–H and O–H groups in total. The number of carbonyl (C=O) groups excluding carboxylic acids is 1. The van der Waals surface area contributed by atoms with Crippen LogP contribution in [0, 0.1) is 5.92 Å². The van der Waals surface area contributed by atoms with Crippen molar-refractivity contribution in [2.24, 2.45) is 5.92 Å². The highest BCUT2D eigenvalue weighted by Gasteiger charge is 2.30. The molecule has 3 heterocycles. The van der Waals surface area contributed by atoms with Crippen molar-refractivity contribution >= 4 is 5.91 Å². The van der Waals surface area contributed by atoms with E-state index in [9.17, 15) is 9.59 Å². The summed E-state index contributed by atoms with van der Waals surface area (Å²) in [5.74, 6) is 0.339. The summed E-state index contributed by atoms with van der Waals surface area (Å²) in [6.45, 7) is 5.52. The maximum absolute atomic E-state index is 12.9. The number of carbonyl (C=O) groups is 1. The number of aromatic nitrogens is 4. The third-order valence-corrected chi connectivity index (χ3v) is 4.28. The highest BCUT2D eigenvalue weighted by Crippen LogP contribution is 2.21. The molecule has 24 heavy (non-hydrogen) atoms. The monoisotopic (exact) mass is 329 g/mol. The van der Waals surface area contributed by atoms with Gasteiger partial charge in [-0.1, -0.05) is 19.1 Å². The van der Waals surface area contributed by atoms with Gasteiger partial charge in [-0.2, -0.15) is 0 Å². The molecule has 7 nitrogen and oxygen atoms in total. The molecule has 2 aromatic rings. The normalized spacial score (nSPS) is 17.6. The first-order chi connectivity index (χ1) is 11.5. The van der Waals surface area contributed by atoms with Gasteiger partial charge < -0.3 is 9.88 Å². The van der Waals surface area contributed by atoms with E-state index in [0.717, 1.165) is 25.0 Å². The van der Waals surface area contributed by atoms with Gasteiger partial charge in [0.05, 0.1) is 18.8 Å². The molecule has 128 valence electrons. The molecule has 0 bridgehead atoms. The molecule has 1 saturated heterocycles. The molecule has 0 aromatic carbocycles. The molecule has 1 atom stereocenters. The first kappa shape index (κ1) is 16.4. The number of likely N-dealkylation sites (tertiary alicyclic amines) is 1. The highest BCUT2D eigenvalue weighted by atomic mass is 16.2. The van der Waals surface area contributed by atoms with Crippen molar-refractivity contribution in [3.63, 3.8) is 0 Å². The van der Waals surface area contributed by atoms with Gasteiger partial charge in [0.25, 0.3) is 5.91 Å². The second-order valence-electron chi connectivity index (χ2n) is 6.78. The summed E-state index contributed by atoms with van der Waals surface area (Å²) in [5.41, 5.74) is 1.07. The fourth-order valence-corrected chi connectivity index (χ4v) is 3.28. The number of H-pyrrole nitrogens is 1. The van der Waals surface area contributed by atoms with Crippen molar-refractivity contribution < 1.29 is 4.79 Å². The van der Waals surface area contributed by atoms with E-state index in [1.807, 2.05) is 11.0 Å². The van der Waals surface area contributed by atoms with E-state index in [2.05, 4.69) is 29.1 Å². The summed E-state index contributed by atoms with van der Waals surface area (Å²) in [7, 11) is 0.